The van der Waals surface area contributed by atoms with Crippen molar-refractivity contribution in [1.82, 2.24) is 0 Å². The minimum absolute atomic E-state index is 0.0376. The lowest BCUT2D eigenvalue weighted by Crippen LogP contribution is -2.06. The summed E-state index contributed by atoms with van der Waals surface area (Å²) in [7, 11) is 0. The highest BCUT2D eigenvalue weighted by molar-refractivity contribution is 5.77. The second-order valence-corrected chi connectivity index (χ2v) is 4.44. The number of hydrogen-bond acceptors (Lipinski definition) is 4. The molecule has 0 saturated heterocycles. The standard InChI is InChI=1S/C10H12O2.C5H8O4/c1-8-3-5-10(6-4-8)12-7-9(2)11;6-4(7)2-1-3-5(8)9/h3-6H,7H2,1-2H3;1-3H2,(H,6,7)(H,8,9). The Bertz CT molecular complexity index is 450. The first-order valence-corrected chi connectivity index (χ1v) is 6.43. The molecule has 0 aliphatic rings. The second kappa shape index (κ2) is 10.4. The van der Waals surface area contributed by atoms with Crippen molar-refractivity contribution >= 4 is 17.7 Å². The minimum Gasteiger partial charge on any atom is -0.486 e. The van der Waals surface area contributed by atoms with Gasteiger partial charge >= 0.3 is 11.9 Å². The molecule has 0 amide bonds. The molecule has 0 radical (unpaired) electrons. The first-order chi connectivity index (χ1) is 9.81. The number of Topliss-reactive ketones (excluding diaryl/α,β-unsaturated/α-hetero) is 1. The molecule has 6 nitrogen and oxygen atoms in total. The molecule has 1 aromatic rings. The van der Waals surface area contributed by atoms with Crippen molar-refractivity contribution in [2.24, 2.45) is 0 Å². The van der Waals surface area contributed by atoms with Gasteiger partial charge in [0, 0.05) is 12.8 Å². The highest BCUT2D eigenvalue weighted by Gasteiger charge is 1.99. The number of carboxylic acids is 2. The summed E-state index contributed by atoms with van der Waals surface area (Å²) in [5.41, 5.74) is 1.19. The number of ketones is 1. The molecule has 0 unspecified atom stereocenters. The number of benzene rings is 1. The summed E-state index contributed by atoms with van der Waals surface area (Å²) < 4.78 is 5.17. The third kappa shape index (κ3) is 12.4. The van der Waals surface area contributed by atoms with Crippen LogP contribution in [0.5, 0.6) is 5.75 Å². The average Bonchev–Trinajstić information content (AvgIpc) is 2.38. The predicted octanol–water partition coefficient (Wildman–Crippen LogP) is 2.29. The highest BCUT2D eigenvalue weighted by atomic mass is 16.5. The van der Waals surface area contributed by atoms with Crippen LogP contribution < -0.4 is 4.74 Å². The molecular weight excluding hydrogens is 276 g/mol. The molecule has 0 heterocycles. The maximum Gasteiger partial charge on any atom is 0.303 e. The van der Waals surface area contributed by atoms with E-state index in [1.165, 1.54) is 12.5 Å². The van der Waals surface area contributed by atoms with Gasteiger partial charge in [-0.15, -0.1) is 0 Å². The van der Waals surface area contributed by atoms with Crippen LogP contribution in [0.3, 0.4) is 0 Å². The number of aryl methyl sites for hydroxylation is 1. The van der Waals surface area contributed by atoms with Crippen molar-refractivity contribution < 1.29 is 29.3 Å². The summed E-state index contributed by atoms with van der Waals surface area (Å²) >= 11 is 0. The molecule has 1 rings (SSSR count). The smallest absolute Gasteiger partial charge is 0.303 e. The number of hydrogen-bond donors (Lipinski definition) is 2. The zero-order valence-corrected chi connectivity index (χ0v) is 12.2. The van der Waals surface area contributed by atoms with Crippen LogP contribution in [0.4, 0.5) is 0 Å². The van der Waals surface area contributed by atoms with E-state index in [2.05, 4.69) is 0 Å². The number of carboxylic acid groups (broad SMARTS) is 2. The maximum atomic E-state index is 10.6. The molecule has 6 heteroatoms. The summed E-state index contributed by atoms with van der Waals surface area (Å²) in [4.78, 5) is 30.1. The van der Waals surface area contributed by atoms with Crippen LogP contribution in [-0.2, 0) is 14.4 Å². The molecule has 0 aromatic heterocycles. The van der Waals surface area contributed by atoms with Gasteiger partial charge in [0.25, 0.3) is 0 Å². The Morgan fingerprint density at radius 3 is 1.86 bits per heavy atom. The molecule has 0 aliphatic carbocycles. The van der Waals surface area contributed by atoms with Crippen LogP contribution in [0.2, 0.25) is 0 Å². The Kier molecular flexibility index (Phi) is 9.25. The molecule has 0 bridgehead atoms. The van der Waals surface area contributed by atoms with Gasteiger partial charge in [-0.1, -0.05) is 17.7 Å². The van der Waals surface area contributed by atoms with E-state index in [1.54, 1.807) is 0 Å². The van der Waals surface area contributed by atoms with Crippen LogP contribution in [0.15, 0.2) is 24.3 Å². The van der Waals surface area contributed by atoms with Crippen molar-refractivity contribution in [3.8, 4) is 5.75 Å². The zero-order chi connectivity index (χ0) is 16.3. The quantitative estimate of drug-likeness (QED) is 0.800. The van der Waals surface area contributed by atoms with Crippen LogP contribution in [0.1, 0.15) is 31.7 Å². The number of rotatable bonds is 7. The number of ether oxygens (including phenoxy) is 1. The van der Waals surface area contributed by atoms with Crippen molar-refractivity contribution in [3.63, 3.8) is 0 Å². The van der Waals surface area contributed by atoms with Gasteiger partial charge in [0.2, 0.25) is 0 Å². The van der Waals surface area contributed by atoms with E-state index >= 15 is 0 Å². The van der Waals surface area contributed by atoms with Gasteiger partial charge in [-0.2, -0.15) is 0 Å². The molecule has 0 saturated carbocycles. The monoisotopic (exact) mass is 296 g/mol. The van der Waals surface area contributed by atoms with Crippen LogP contribution in [0, 0.1) is 6.92 Å². The van der Waals surface area contributed by atoms with E-state index in [0.29, 0.717) is 0 Å². The Hall–Kier alpha value is -2.37. The fraction of sp³-hybridized carbons (Fsp3) is 0.400. The van der Waals surface area contributed by atoms with E-state index in [4.69, 9.17) is 14.9 Å². The van der Waals surface area contributed by atoms with E-state index in [0.717, 1.165) is 5.75 Å². The fourth-order valence-corrected chi connectivity index (χ4v) is 1.21. The van der Waals surface area contributed by atoms with E-state index in [1.807, 2.05) is 31.2 Å². The van der Waals surface area contributed by atoms with Crippen molar-refractivity contribution in [1.29, 1.82) is 0 Å². The van der Waals surface area contributed by atoms with E-state index in [9.17, 15) is 14.4 Å². The lowest BCUT2D eigenvalue weighted by molar-refractivity contribution is -0.138. The number of carbonyl (C=O) groups excluding carboxylic acids is 1. The molecule has 116 valence electrons. The molecule has 0 spiro atoms. The first-order valence-electron chi connectivity index (χ1n) is 6.43. The highest BCUT2D eigenvalue weighted by Crippen LogP contribution is 2.10. The van der Waals surface area contributed by atoms with Gasteiger partial charge in [-0.3, -0.25) is 14.4 Å². The SMILES string of the molecule is CC(=O)COc1ccc(C)cc1.O=C(O)CCCC(=O)O. The van der Waals surface area contributed by atoms with Crippen molar-refractivity contribution in [2.75, 3.05) is 6.61 Å². The topological polar surface area (TPSA) is 101 Å². The first kappa shape index (κ1) is 18.6. The van der Waals surface area contributed by atoms with Crippen LogP contribution >= 0.6 is 0 Å². The predicted molar refractivity (Wildman–Crippen MR) is 76.5 cm³/mol. The molecule has 2 N–H and O–H groups in total. The summed E-state index contributed by atoms with van der Waals surface area (Å²) in [6.45, 7) is 3.67. The molecule has 1 aromatic carbocycles. The molecule has 0 fully saturated rings. The van der Waals surface area contributed by atoms with Gasteiger partial charge in [-0.05, 0) is 32.4 Å². The minimum atomic E-state index is -0.948. The Labute approximate surface area is 123 Å². The Morgan fingerprint density at radius 2 is 1.48 bits per heavy atom. The number of carbonyl (C=O) groups is 3. The third-order valence-corrected chi connectivity index (χ3v) is 2.24. The molecule has 0 atom stereocenters. The summed E-state index contributed by atoms with van der Waals surface area (Å²) in [6, 6.07) is 7.63. The van der Waals surface area contributed by atoms with Crippen molar-refractivity contribution in [2.45, 2.75) is 33.1 Å². The maximum absolute atomic E-state index is 10.6. The Balaban J connectivity index is 0.000000400. The second-order valence-electron chi connectivity index (χ2n) is 4.44. The largest absolute Gasteiger partial charge is 0.486 e. The lowest BCUT2D eigenvalue weighted by Gasteiger charge is -2.02. The summed E-state index contributed by atoms with van der Waals surface area (Å²) in [5.74, 6) is -1.11. The van der Waals surface area contributed by atoms with Gasteiger partial charge in [0.15, 0.2) is 5.78 Å². The van der Waals surface area contributed by atoms with Crippen LogP contribution in [-0.4, -0.2) is 34.5 Å². The number of aliphatic carboxylic acids is 2. The molecule has 21 heavy (non-hydrogen) atoms. The fourth-order valence-electron chi connectivity index (χ4n) is 1.21. The van der Waals surface area contributed by atoms with Gasteiger partial charge in [0.05, 0.1) is 0 Å². The summed E-state index contributed by atoms with van der Waals surface area (Å²) in [6.07, 6.45) is 0.0866. The normalized spacial score (nSPS) is 9.24. The molecule has 0 aliphatic heterocycles. The average molecular weight is 296 g/mol. The summed E-state index contributed by atoms with van der Waals surface area (Å²) in [5, 5.41) is 16.1. The van der Waals surface area contributed by atoms with Gasteiger partial charge in [0.1, 0.15) is 12.4 Å². The van der Waals surface area contributed by atoms with Gasteiger partial charge in [-0.25, -0.2) is 0 Å². The molecular formula is C15H20O6. The Morgan fingerprint density at radius 1 is 1.00 bits per heavy atom. The lowest BCUT2D eigenvalue weighted by atomic mass is 10.2. The van der Waals surface area contributed by atoms with Crippen molar-refractivity contribution in [3.05, 3.63) is 29.8 Å². The van der Waals surface area contributed by atoms with Crippen LogP contribution in [0.25, 0.3) is 0 Å². The zero-order valence-electron chi connectivity index (χ0n) is 12.2. The van der Waals surface area contributed by atoms with Gasteiger partial charge < -0.3 is 14.9 Å². The van der Waals surface area contributed by atoms with E-state index in [-0.39, 0.29) is 31.7 Å². The third-order valence-electron chi connectivity index (χ3n) is 2.24. The van der Waals surface area contributed by atoms with E-state index < -0.39 is 11.9 Å².